The Hall–Kier alpha value is -2.51. The molecule has 1 atom stereocenters. The number of anilines is 1. The van der Waals surface area contributed by atoms with E-state index in [4.69, 9.17) is 5.14 Å². The molecule has 1 saturated heterocycles. The Bertz CT molecular complexity index is 910. The molecule has 1 unspecified atom stereocenters. The molecule has 0 saturated carbocycles. The number of hydrogen-bond donors (Lipinski definition) is 1. The van der Waals surface area contributed by atoms with Gasteiger partial charge in [0.1, 0.15) is 0 Å². The SMILES string of the molecule is NS(=O)(=O)CC1CC(=O)N(c2ccccc2C(=O)c2ccccc2)C1. The second-order valence-corrected chi connectivity index (χ2v) is 7.78. The average Bonchev–Trinajstić information content (AvgIpc) is 2.93. The van der Waals surface area contributed by atoms with Crippen LogP contribution < -0.4 is 10.0 Å². The maximum Gasteiger partial charge on any atom is 0.227 e. The fourth-order valence-electron chi connectivity index (χ4n) is 3.10. The predicted molar refractivity (Wildman–Crippen MR) is 94.8 cm³/mol. The summed E-state index contributed by atoms with van der Waals surface area (Å²) in [6, 6.07) is 15.7. The van der Waals surface area contributed by atoms with Crippen LogP contribution in [-0.2, 0) is 14.8 Å². The normalized spacial score (nSPS) is 17.7. The lowest BCUT2D eigenvalue weighted by atomic mass is 10.0. The van der Waals surface area contributed by atoms with Crippen LogP contribution in [0.15, 0.2) is 54.6 Å². The maximum atomic E-state index is 12.8. The third kappa shape index (κ3) is 3.94. The number of primary sulfonamides is 1. The highest BCUT2D eigenvalue weighted by atomic mass is 32.2. The summed E-state index contributed by atoms with van der Waals surface area (Å²) in [6.45, 7) is 0.231. The van der Waals surface area contributed by atoms with E-state index in [1.54, 1.807) is 48.5 Å². The summed E-state index contributed by atoms with van der Waals surface area (Å²) in [6.07, 6.45) is 0.101. The summed E-state index contributed by atoms with van der Waals surface area (Å²) in [7, 11) is -3.65. The van der Waals surface area contributed by atoms with Gasteiger partial charge in [-0.15, -0.1) is 0 Å². The predicted octanol–water partition coefficient (Wildman–Crippen LogP) is 1.56. The van der Waals surface area contributed by atoms with E-state index < -0.39 is 10.0 Å². The van der Waals surface area contributed by atoms with Crippen LogP contribution in [0.25, 0.3) is 0 Å². The van der Waals surface area contributed by atoms with E-state index in [-0.39, 0.29) is 36.3 Å². The van der Waals surface area contributed by atoms with Crippen LogP contribution in [0.2, 0.25) is 0 Å². The number of ketones is 1. The van der Waals surface area contributed by atoms with Gasteiger partial charge in [-0.05, 0) is 12.1 Å². The van der Waals surface area contributed by atoms with Gasteiger partial charge in [0.2, 0.25) is 15.9 Å². The number of sulfonamides is 1. The van der Waals surface area contributed by atoms with Crippen LogP contribution in [0.4, 0.5) is 5.69 Å². The molecule has 1 heterocycles. The molecular formula is C18H18N2O4S. The monoisotopic (exact) mass is 358 g/mol. The zero-order valence-electron chi connectivity index (χ0n) is 13.5. The molecule has 130 valence electrons. The summed E-state index contributed by atoms with van der Waals surface area (Å²) >= 11 is 0. The van der Waals surface area contributed by atoms with Crippen LogP contribution in [0.1, 0.15) is 22.3 Å². The average molecular weight is 358 g/mol. The van der Waals surface area contributed by atoms with Crippen molar-refractivity contribution in [3.8, 4) is 0 Å². The summed E-state index contributed by atoms with van der Waals surface area (Å²) in [4.78, 5) is 26.6. The van der Waals surface area contributed by atoms with E-state index in [9.17, 15) is 18.0 Å². The first-order chi connectivity index (χ1) is 11.8. The van der Waals surface area contributed by atoms with Crippen molar-refractivity contribution in [1.29, 1.82) is 0 Å². The van der Waals surface area contributed by atoms with E-state index in [2.05, 4.69) is 0 Å². The topological polar surface area (TPSA) is 97.5 Å². The van der Waals surface area contributed by atoms with E-state index in [0.29, 0.717) is 16.8 Å². The third-order valence-corrected chi connectivity index (χ3v) is 5.08. The zero-order valence-corrected chi connectivity index (χ0v) is 14.3. The molecule has 7 heteroatoms. The molecule has 0 aromatic heterocycles. The third-order valence-electron chi connectivity index (χ3n) is 4.15. The standard InChI is InChI=1S/C18H18N2O4S/c19-25(23,24)12-13-10-17(21)20(11-13)16-9-5-4-8-15(16)18(22)14-6-2-1-3-7-14/h1-9,13H,10-12H2,(H2,19,23,24). The molecule has 25 heavy (non-hydrogen) atoms. The largest absolute Gasteiger partial charge is 0.311 e. The van der Waals surface area contributed by atoms with E-state index in [1.165, 1.54) is 4.90 Å². The first-order valence-corrected chi connectivity index (χ1v) is 9.56. The molecule has 2 aromatic rings. The molecule has 0 spiro atoms. The Morgan fingerprint density at radius 1 is 1.08 bits per heavy atom. The van der Waals surface area contributed by atoms with Gasteiger partial charge in [-0.1, -0.05) is 42.5 Å². The smallest absolute Gasteiger partial charge is 0.227 e. The Balaban J connectivity index is 1.91. The van der Waals surface area contributed by atoms with Gasteiger partial charge in [0.05, 0.1) is 11.4 Å². The van der Waals surface area contributed by atoms with Crippen molar-refractivity contribution in [1.82, 2.24) is 0 Å². The fraction of sp³-hybridized carbons (Fsp3) is 0.222. The van der Waals surface area contributed by atoms with E-state index in [1.807, 2.05) is 6.07 Å². The van der Waals surface area contributed by atoms with Crippen molar-refractivity contribution >= 4 is 27.4 Å². The Kier molecular flexibility index (Phi) is 4.69. The molecule has 1 fully saturated rings. The lowest BCUT2D eigenvalue weighted by Crippen LogP contribution is -2.28. The fourth-order valence-corrected chi connectivity index (χ4v) is 3.98. The van der Waals surface area contributed by atoms with Gasteiger partial charge in [-0.25, -0.2) is 13.6 Å². The van der Waals surface area contributed by atoms with E-state index >= 15 is 0 Å². The minimum Gasteiger partial charge on any atom is -0.311 e. The van der Waals surface area contributed by atoms with Crippen molar-refractivity contribution in [2.75, 3.05) is 17.2 Å². The number of rotatable bonds is 5. The van der Waals surface area contributed by atoms with Crippen LogP contribution in [0.3, 0.4) is 0 Å². The van der Waals surface area contributed by atoms with Crippen molar-refractivity contribution < 1.29 is 18.0 Å². The molecule has 2 aromatic carbocycles. The Morgan fingerprint density at radius 2 is 1.72 bits per heavy atom. The maximum absolute atomic E-state index is 12.8. The van der Waals surface area contributed by atoms with Gasteiger partial charge >= 0.3 is 0 Å². The highest BCUT2D eigenvalue weighted by Crippen LogP contribution is 2.30. The van der Waals surface area contributed by atoms with Crippen LogP contribution >= 0.6 is 0 Å². The zero-order chi connectivity index (χ0) is 18.0. The van der Waals surface area contributed by atoms with Gasteiger partial charge in [0, 0.05) is 30.0 Å². The van der Waals surface area contributed by atoms with Crippen molar-refractivity contribution in [2.24, 2.45) is 11.1 Å². The molecule has 3 rings (SSSR count). The second-order valence-electron chi connectivity index (χ2n) is 6.12. The number of carbonyl (C=O) groups excluding carboxylic acids is 2. The highest BCUT2D eigenvalue weighted by molar-refractivity contribution is 7.89. The number of carbonyl (C=O) groups is 2. The van der Waals surface area contributed by atoms with Crippen LogP contribution in [0, 0.1) is 5.92 Å². The van der Waals surface area contributed by atoms with Gasteiger partial charge in [-0.3, -0.25) is 9.59 Å². The molecule has 1 aliphatic rings. The lowest BCUT2D eigenvalue weighted by molar-refractivity contribution is -0.117. The summed E-state index contributed by atoms with van der Waals surface area (Å²) in [5.41, 5.74) is 1.44. The highest BCUT2D eigenvalue weighted by Gasteiger charge is 2.34. The molecular weight excluding hydrogens is 340 g/mol. The molecule has 0 aliphatic carbocycles. The van der Waals surface area contributed by atoms with Crippen LogP contribution in [0.5, 0.6) is 0 Å². The number of amides is 1. The van der Waals surface area contributed by atoms with Gasteiger partial charge in [0.25, 0.3) is 0 Å². The van der Waals surface area contributed by atoms with Gasteiger partial charge < -0.3 is 4.90 Å². The first kappa shape index (κ1) is 17.3. The van der Waals surface area contributed by atoms with Crippen molar-refractivity contribution in [2.45, 2.75) is 6.42 Å². The molecule has 2 N–H and O–H groups in total. The molecule has 0 bridgehead atoms. The lowest BCUT2D eigenvalue weighted by Gasteiger charge is -2.20. The number of para-hydroxylation sites is 1. The van der Waals surface area contributed by atoms with Gasteiger partial charge in [-0.2, -0.15) is 0 Å². The summed E-state index contributed by atoms with van der Waals surface area (Å²) in [5, 5.41) is 5.09. The summed E-state index contributed by atoms with van der Waals surface area (Å²) in [5.74, 6) is -1.01. The Morgan fingerprint density at radius 3 is 2.40 bits per heavy atom. The Labute approximate surface area is 146 Å². The molecule has 1 aliphatic heterocycles. The van der Waals surface area contributed by atoms with E-state index in [0.717, 1.165) is 0 Å². The molecule has 6 nitrogen and oxygen atoms in total. The van der Waals surface area contributed by atoms with Crippen LogP contribution in [-0.4, -0.2) is 32.4 Å². The number of nitrogens with zero attached hydrogens (tertiary/aromatic N) is 1. The second kappa shape index (κ2) is 6.78. The van der Waals surface area contributed by atoms with Crippen molar-refractivity contribution in [3.63, 3.8) is 0 Å². The summed E-state index contributed by atoms with van der Waals surface area (Å²) < 4.78 is 22.6. The number of nitrogens with two attached hydrogens (primary N) is 1. The first-order valence-electron chi connectivity index (χ1n) is 7.85. The number of benzene rings is 2. The quantitative estimate of drug-likeness (QED) is 0.820. The minimum atomic E-state index is -3.65. The number of hydrogen-bond acceptors (Lipinski definition) is 4. The van der Waals surface area contributed by atoms with Gasteiger partial charge in [0.15, 0.2) is 5.78 Å². The minimum absolute atomic E-state index is 0.101. The van der Waals surface area contributed by atoms with Crippen molar-refractivity contribution in [3.05, 3.63) is 65.7 Å². The molecule has 1 amide bonds. The molecule has 0 radical (unpaired) electrons.